The second kappa shape index (κ2) is 11.6. The number of esters is 2. The van der Waals surface area contributed by atoms with Gasteiger partial charge in [-0.25, -0.2) is 18.2 Å². The van der Waals surface area contributed by atoms with Crippen LogP contribution in [0.3, 0.4) is 0 Å². The van der Waals surface area contributed by atoms with Crippen LogP contribution in [0, 0.1) is 5.92 Å². The smallest absolute Gasteiger partial charge is 0.330 e. The predicted octanol–water partition coefficient (Wildman–Crippen LogP) is 1.52. The molecule has 0 aliphatic carbocycles. The summed E-state index contributed by atoms with van der Waals surface area (Å²) in [5, 5.41) is 7.60. The van der Waals surface area contributed by atoms with Crippen LogP contribution >= 0.6 is 11.8 Å². The number of sulfone groups is 1. The Labute approximate surface area is 252 Å². The standard InChI is InChI=1S/C27H32N6O8S2/c1-16(34)41-21(19-14-32(30-29-19)12-13-42-26-28-10-11-31(26)4)20-23(35)33-22(27(2,3)43(37,38)24(20)33)25(36)40-15-17-6-8-18(39-5)9-7-17/h6-11,14,20-22,24H,12-13,15H2,1-5H3/t20-,21?,22-,24+/m0/s1. The number of nitrogens with zero attached hydrogens (tertiary/aromatic N) is 6. The van der Waals surface area contributed by atoms with Crippen LogP contribution in [-0.4, -0.2) is 84.7 Å². The van der Waals surface area contributed by atoms with Crippen molar-refractivity contribution in [2.45, 2.75) is 61.3 Å². The van der Waals surface area contributed by atoms with Crippen molar-refractivity contribution in [3.63, 3.8) is 0 Å². The predicted molar refractivity (Wildman–Crippen MR) is 152 cm³/mol. The molecule has 0 bridgehead atoms. The third-order valence-electron chi connectivity index (χ3n) is 7.67. The number of rotatable bonds is 11. The van der Waals surface area contributed by atoms with Crippen LogP contribution in [0.2, 0.25) is 0 Å². The molecule has 2 aliphatic rings. The molecule has 0 N–H and O–H groups in total. The van der Waals surface area contributed by atoms with Gasteiger partial charge in [-0.2, -0.15) is 0 Å². The second-order valence-electron chi connectivity index (χ2n) is 10.8. The fourth-order valence-corrected chi connectivity index (χ4v) is 8.51. The maximum Gasteiger partial charge on any atom is 0.330 e. The summed E-state index contributed by atoms with van der Waals surface area (Å²) in [7, 11) is -0.715. The molecule has 4 atom stereocenters. The number of thioether (sulfide) groups is 1. The van der Waals surface area contributed by atoms with E-state index in [-0.39, 0.29) is 12.3 Å². The molecule has 5 rings (SSSR count). The van der Waals surface area contributed by atoms with Crippen LogP contribution in [0.25, 0.3) is 0 Å². The fraction of sp³-hybridized carbons (Fsp3) is 0.481. The molecule has 2 aromatic heterocycles. The zero-order valence-electron chi connectivity index (χ0n) is 24.2. The summed E-state index contributed by atoms with van der Waals surface area (Å²) in [5.41, 5.74) is 0.794. The van der Waals surface area contributed by atoms with Crippen LogP contribution in [0.15, 0.2) is 48.0 Å². The summed E-state index contributed by atoms with van der Waals surface area (Å²) in [6.45, 7) is 4.25. The lowest BCUT2D eigenvalue weighted by Crippen LogP contribution is -2.65. The molecule has 1 aromatic carbocycles. The van der Waals surface area contributed by atoms with E-state index in [1.54, 1.807) is 30.5 Å². The molecule has 0 spiro atoms. The molecule has 43 heavy (non-hydrogen) atoms. The second-order valence-corrected chi connectivity index (χ2v) is 14.5. The number of methoxy groups -OCH3 is 1. The minimum atomic E-state index is -4.13. The van der Waals surface area contributed by atoms with Gasteiger partial charge in [-0.05, 0) is 31.5 Å². The SMILES string of the molecule is COc1ccc(COC(=O)[C@@H]2N3C(=O)[C@H](C(OC(C)=O)c4cn(CCSc5nccn5C)nn4)[C@H]3S(=O)(=O)C2(C)C)cc1. The Morgan fingerprint density at radius 2 is 1.91 bits per heavy atom. The van der Waals surface area contributed by atoms with Gasteiger partial charge in [-0.15, -0.1) is 5.10 Å². The number of hydrogen-bond donors (Lipinski definition) is 0. The molecule has 4 heterocycles. The highest BCUT2D eigenvalue weighted by Crippen LogP contribution is 2.53. The third kappa shape index (κ3) is 5.48. The molecule has 2 saturated heterocycles. The molecule has 0 saturated carbocycles. The van der Waals surface area contributed by atoms with Gasteiger partial charge in [0.2, 0.25) is 5.91 Å². The van der Waals surface area contributed by atoms with Crippen molar-refractivity contribution in [2.75, 3.05) is 12.9 Å². The van der Waals surface area contributed by atoms with Crippen molar-refractivity contribution in [3.05, 3.63) is 54.1 Å². The summed E-state index contributed by atoms with van der Waals surface area (Å²) in [6, 6.07) is 5.45. The lowest BCUT2D eigenvalue weighted by Gasteiger charge is -2.45. The van der Waals surface area contributed by atoms with E-state index in [4.69, 9.17) is 14.2 Å². The molecule has 230 valence electrons. The summed E-state index contributed by atoms with van der Waals surface area (Å²) in [6.07, 6.45) is 3.74. The average molecular weight is 633 g/mol. The van der Waals surface area contributed by atoms with Gasteiger partial charge < -0.3 is 23.7 Å². The number of imidazole rings is 1. The van der Waals surface area contributed by atoms with Gasteiger partial charge in [0.1, 0.15) is 30.0 Å². The zero-order valence-corrected chi connectivity index (χ0v) is 25.9. The lowest BCUT2D eigenvalue weighted by molar-refractivity contribution is -0.178. The summed E-state index contributed by atoms with van der Waals surface area (Å²) < 4.78 is 45.4. The molecule has 2 aliphatic heterocycles. The van der Waals surface area contributed by atoms with Gasteiger partial charge in [0, 0.05) is 32.1 Å². The molecule has 1 unspecified atom stereocenters. The molecule has 2 fully saturated rings. The first-order valence-corrected chi connectivity index (χ1v) is 15.9. The van der Waals surface area contributed by atoms with Gasteiger partial charge in [0.05, 0.1) is 24.6 Å². The number of hydrogen-bond acceptors (Lipinski definition) is 12. The van der Waals surface area contributed by atoms with E-state index in [0.29, 0.717) is 23.6 Å². The number of ether oxygens (including phenoxy) is 3. The average Bonchev–Trinajstić information content (AvgIpc) is 3.63. The maximum atomic E-state index is 13.8. The van der Waals surface area contributed by atoms with Crippen LogP contribution < -0.4 is 4.74 Å². The number of aromatic nitrogens is 5. The normalized spacial score (nSPS) is 22.4. The number of carbonyl (C=O) groups is 3. The Balaban J connectivity index is 1.34. The number of amides is 1. The summed E-state index contributed by atoms with van der Waals surface area (Å²) >= 11 is 1.51. The first-order valence-electron chi connectivity index (χ1n) is 13.4. The van der Waals surface area contributed by atoms with Crippen LogP contribution in [-0.2, 0) is 53.9 Å². The van der Waals surface area contributed by atoms with Crippen molar-refractivity contribution < 1.29 is 37.0 Å². The quantitative estimate of drug-likeness (QED) is 0.170. The van der Waals surface area contributed by atoms with Crippen LogP contribution in [0.5, 0.6) is 5.75 Å². The first kappa shape index (κ1) is 30.5. The largest absolute Gasteiger partial charge is 0.497 e. The Hall–Kier alpha value is -3.92. The lowest BCUT2D eigenvalue weighted by atomic mass is 9.86. The highest BCUT2D eigenvalue weighted by Gasteiger charge is 2.74. The number of carbonyl (C=O) groups excluding carboxylic acids is 3. The molecule has 16 heteroatoms. The summed E-state index contributed by atoms with van der Waals surface area (Å²) in [4.78, 5) is 44.3. The Morgan fingerprint density at radius 3 is 2.53 bits per heavy atom. The minimum absolute atomic E-state index is 0.122. The van der Waals surface area contributed by atoms with E-state index in [2.05, 4.69) is 15.3 Å². The van der Waals surface area contributed by atoms with E-state index < -0.39 is 55.9 Å². The Bertz CT molecular complexity index is 1630. The summed E-state index contributed by atoms with van der Waals surface area (Å²) in [5.74, 6) is -2.30. The van der Waals surface area contributed by atoms with Crippen molar-refractivity contribution >= 4 is 39.4 Å². The van der Waals surface area contributed by atoms with E-state index in [1.165, 1.54) is 43.6 Å². The number of benzene rings is 1. The van der Waals surface area contributed by atoms with E-state index in [1.807, 2.05) is 17.8 Å². The number of β-lactam (4-membered cyclic amide) rings is 1. The van der Waals surface area contributed by atoms with Crippen molar-refractivity contribution in [1.29, 1.82) is 0 Å². The molecular formula is C27H32N6O8S2. The minimum Gasteiger partial charge on any atom is -0.497 e. The Kier molecular flexibility index (Phi) is 8.26. The number of fused-ring (bicyclic) bond motifs is 1. The molecule has 3 aromatic rings. The van der Waals surface area contributed by atoms with Gasteiger partial charge in [0.25, 0.3) is 0 Å². The Morgan fingerprint density at radius 1 is 1.19 bits per heavy atom. The van der Waals surface area contributed by atoms with Crippen molar-refractivity contribution in [3.8, 4) is 5.75 Å². The fourth-order valence-electron chi connectivity index (χ4n) is 5.33. The number of aryl methyl sites for hydroxylation is 2. The van der Waals surface area contributed by atoms with Gasteiger partial charge in [0.15, 0.2) is 26.5 Å². The van der Waals surface area contributed by atoms with Gasteiger partial charge >= 0.3 is 11.9 Å². The monoisotopic (exact) mass is 632 g/mol. The van der Waals surface area contributed by atoms with Gasteiger partial charge in [-0.1, -0.05) is 29.1 Å². The van der Waals surface area contributed by atoms with Crippen LogP contribution in [0.4, 0.5) is 0 Å². The van der Waals surface area contributed by atoms with Gasteiger partial charge in [-0.3, -0.25) is 14.3 Å². The maximum absolute atomic E-state index is 13.8. The molecule has 0 radical (unpaired) electrons. The van der Waals surface area contributed by atoms with Crippen molar-refractivity contribution in [1.82, 2.24) is 29.4 Å². The molecular weight excluding hydrogens is 600 g/mol. The van der Waals surface area contributed by atoms with Crippen LogP contribution in [0.1, 0.15) is 38.1 Å². The highest BCUT2D eigenvalue weighted by molar-refractivity contribution is 7.99. The molecule has 1 amide bonds. The highest BCUT2D eigenvalue weighted by atomic mass is 32.2. The third-order valence-corrected chi connectivity index (χ3v) is 11.6. The first-order chi connectivity index (χ1) is 20.4. The van der Waals surface area contributed by atoms with Crippen molar-refractivity contribution in [2.24, 2.45) is 13.0 Å². The topological polar surface area (TPSA) is 165 Å². The molecule has 14 nitrogen and oxygen atoms in total. The zero-order chi connectivity index (χ0) is 31.1. The van der Waals surface area contributed by atoms with E-state index in [9.17, 15) is 22.8 Å². The van der Waals surface area contributed by atoms with E-state index in [0.717, 1.165) is 17.0 Å². The van der Waals surface area contributed by atoms with E-state index >= 15 is 0 Å².